The van der Waals surface area contributed by atoms with E-state index in [4.69, 9.17) is 11.6 Å². The van der Waals surface area contributed by atoms with Crippen LogP contribution in [0.15, 0.2) is 0 Å². The molecular formula is C13H24ClN3O2S. The predicted molar refractivity (Wildman–Crippen MR) is 80.2 cm³/mol. The first-order valence-electron chi connectivity index (χ1n) is 7.70. The van der Waals surface area contributed by atoms with E-state index in [-0.39, 0.29) is 6.04 Å². The molecule has 0 aromatic carbocycles. The lowest BCUT2D eigenvalue weighted by Crippen LogP contribution is -2.58. The van der Waals surface area contributed by atoms with Crippen LogP contribution in [0.5, 0.6) is 0 Å². The molecule has 0 bridgehead atoms. The van der Waals surface area contributed by atoms with E-state index in [1.165, 1.54) is 6.42 Å². The number of piperazine rings is 1. The van der Waals surface area contributed by atoms with Gasteiger partial charge in [0.25, 0.3) is 10.2 Å². The van der Waals surface area contributed by atoms with Gasteiger partial charge in [-0.05, 0) is 32.2 Å². The Labute approximate surface area is 127 Å². The van der Waals surface area contributed by atoms with Crippen molar-refractivity contribution in [3.8, 4) is 0 Å². The molecule has 3 rings (SSSR count). The van der Waals surface area contributed by atoms with E-state index < -0.39 is 10.2 Å². The largest absolute Gasteiger partial charge is 0.298 e. The van der Waals surface area contributed by atoms with Gasteiger partial charge in [0.15, 0.2) is 0 Å². The second-order valence-electron chi connectivity index (χ2n) is 6.11. The van der Waals surface area contributed by atoms with E-state index in [1.54, 1.807) is 8.61 Å². The van der Waals surface area contributed by atoms with Crippen LogP contribution in [0.25, 0.3) is 0 Å². The quantitative estimate of drug-likeness (QED) is 0.731. The van der Waals surface area contributed by atoms with Crippen molar-refractivity contribution in [1.82, 2.24) is 13.5 Å². The topological polar surface area (TPSA) is 43.9 Å². The molecule has 0 spiro atoms. The third-order valence-corrected chi connectivity index (χ3v) is 7.34. The second-order valence-corrected chi connectivity index (χ2v) is 8.30. The van der Waals surface area contributed by atoms with Crippen molar-refractivity contribution in [3.05, 3.63) is 0 Å². The fraction of sp³-hybridized carbons (Fsp3) is 1.00. The summed E-state index contributed by atoms with van der Waals surface area (Å²) < 4.78 is 29.1. The Kier molecular flexibility index (Phi) is 4.57. The van der Waals surface area contributed by atoms with Crippen LogP contribution in [-0.2, 0) is 10.2 Å². The molecule has 3 saturated heterocycles. The molecule has 0 aromatic heterocycles. The molecule has 0 saturated carbocycles. The van der Waals surface area contributed by atoms with Gasteiger partial charge in [0.2, 0.25) is 0 Å². The van der Waals surface area contributed by atoms with Crippen molar-refractivity contribution in [2.75, 3.05) is 38.6 Å². The molecule has 20 heavy (non-hydrogen) atoms. The maximum Gasteiger partial charge on any atom is 0.282 e. The Morgan fingerprint density at radius 2 is 1.85 bits per heavy atom. The van der Waals surface area contributed by atoms with E-state index in [2.05, 4.69) is 4.90 Å². The average Bonchev–Trinajstić information content (AvgIpc) is 2.94. The lowest BCUT2D eigenvalue weighted by molar-refractivity contribution is 0.146. The van der Waals surface area contributed by atoms with E-state index >= 15 is 0 Å². The van der Waals surface area contributed by atoms with Crippen LogP contribution < -0.4 is 0 Å². The van der Waals surface area contributed by atoms with Crippen LogP contribution in [0.2, 0.25) is 0 Å². The molecule has 0 aliphatic carbocycles. The third-order valence-electron chi connectivity index (χ3n) is 4.92. The van der Waals surface area contributed by atoms with E-state index in [1.807, 2.05) is 0 Å². The highest BCUT2D eigenvalue weighted by Crippen LogP contribution is 2.27. The molecular weight excluding hydrogens is 298 g/mol. The first-order valence-corrected chi connectivity index (χ1v) is 9.63. The summed E-state index contributed by atoms with van der Waals surface area (Å²) in [5.74, 6) is 0.405. The summed E-state index contributed by atoms with van der Waals surface area (Å²) in [5, 5.41) is 0. The number of halogens is 1. The molecule has 0 N–H and O–H groups in total. The van der Waals surface area contributed by atoms with Crippen LogP contribution in [0.1, 0.15) is 32.1 Å². The number of fused-ring (bicyclic) bond motifs is 1. The smallest absolute Gasteiger partial charge is 0.282 e. The van der Waals surface area contributed by atoms with Crippen LogP contribution >= 0.6 is 11.6 Å². The molecule has 3 heterocycles. The molecule has 0 radical (unpaired) electrons. The molecule has 0 aromatic rings. The molecule has 3 fully saturated rings. The first kappa shape index (κ1) is 15.0. The predicted octanol–water partition coefficient (Wildman–Crippen LogP) is 1.10. The highest BCUT2D eigenvalue weighted by molar-refractivity contribution is 7.86. The van der Waals surface area contributed by atoms with E-state index in [0.717, 1.165) is 38.8 Å². The van der Waals surface area contributed by atoms with Gasteiger partial charge >= 0.3 is 0 Å². The molecule has 7 heteroatoms. The van der Waals surface area contributed by atoms with E-state index in [0.29, 0.717) is 31.6 Å². The zero-order chi connectivity index (χ0) is 14.2. The van der Waals surface area contributed by atoms with Gasteiger partial charge in [-0.25, -0.2) is 0 Å². The highest BCUT2D eigenvalue weighted by Gasteiger charge is 2.40. The Balaban J connectivity index is 1.73. The van der Waals surface area contributed by atoms with Crippen molar-refractivity contribution in [3.63, 3.8) is 0 Å². The Hall–Kier alpha value is 0.120. The minimum atomic E-state index is -3.33. The number of rotatable bonds is 3. The van der Waals surface area contributed by atoms with Crippen LogP contribution in [-0.4, -0.2) is 72.6 Å². The second kappa shape index (κ2) is 6.08. The maximum atomic E-state index is 12.9. The van der Waals surface area contributed by atoms with Gasteiger partial charge in [0.05, 0.1) is 0 Å². The Bertz CT molecular complexity index is 445. The van der Waals surface area contributed by atoms with Gasteiger partial charge in [-0.2, -0.15) is 17.0 Å². The zero-order valence-corrected chi connectivity index (χ0v) is 13.4. The van der Waals surface area contributed by atoms with E-state index in [9.17, 15) is 8.42 Å². The number of hydrogen-bond donors (Lipinski definition) is 0. The number of piperidine rings is 1. The van der Waals surface area contributed by atoms with Gasteiger partial charge in [-0.15, -0.1) is 11.6 Å². The van der Waals surface area contributed by atoms with Crippen molar-refractivity contribution in [1.29, 1.82) is 0 Å². The molecule has 0 amide bonds. The monoisotopic (exact) mass is 321 g/mol. The molecule has 2 unspecified atom stereocenters. The summed E-state index contributed by atoms with van der Waals surface area (Å²) in [6, 6.07) is 0.412. The lowest BCUT2D eigenvalue weighted by Gasteiger charge is -2.41. The minimum Gasteiger partial charge on any atom is -0.298 e. The summed E-state index contributed by atoms with van der Waals surface area (Å²) in [5.41, 5.74) is 0. The van der Waals surface area contributed by atoms with Crippen molar-refractivity contribution in [2.45, 2.75) is 44.2 Å². The fourth-order valence-corrected chi connectivity index (χ4v) is 6.04. The van der Waals surface area contributed by atoms with Gasteiger partial charge in [0.1, 0.15) is 0 Å². The summed E-state index contributed by atoms with van der Waals surface area (Å²) in [7, 11) is -3.33. The lowest BCUT2D eigenvalue weighted by atomic mass is 10.1. The average molecular weight is 322 g/mol. The van der Waals surface area contributed by atoms with Crippen molar-refractivity contribution in [2.24, 2.45) is 0 Å². The van der Waals surface area contributed by atoms with Gasteiger partial charge < -0.3 is 0 Å². The highest BCUT2D eigenvalue weighted by atomic mass is 35.5. The van der Waals surface area contributed by atoms with Gasteiger partial charge in [-0.3, -0.25) is 4.90 Å². The van der Waals surface area contributed by atoms with Crippen LogP contribution in [0.4, 0.5) is 0 Å². The van der Waals surface area contributed by atoms with Gasteiger partial charge in [-0.1, -0.05) is 6.42 Å². The standard InChI is InChI=1S/C13H24ClN3O2S/c14-10-12-4-1-2-7-17(12)20(18,19)16-9-8-15-6-3-5-13(15)11-16/h12-13H,1-11H2. The molecule has 3 aliphatic rings. The Morgan fingerprint density at radius 3 is 2.65 bits per heavy atom. The molecule has 5 nitrogen and oxygen atoms in total. The number of hydrogen-bond acceptors (Lipinski definition) is 3. The fourth-order valence-electron chi connectivity index (χ4n) is 3.75. The van der Waals surface area contributed by atoms with Crippen LogP contribution in [0, 0.1) is 0 Å². The van der Waals surface area contributed by atoms with Crippen molar-refractivity contribution < 1.29 is 8.42 Å². The van der Waals surface area contributed by atoms with Crippen LogP contribution in [0.3, 0.4) is 0 Å². The SMILES string of the molecule is O=S(=O)(N1CCN2CCCC2C1)N1CCCCC1CCl. The minimum absolute atomic E-state index is 0.0166. The maximum absolute atomic E-state index is 12.9. The number of nitrogens with zero attached hydrogens (tertiary/aromatic N) is 3. The van der Waals surface area contributed by atoms with Gasteiger partial charge in [0, 0.05) is 44.1 Å². The Morgan fingerprint density at radius 1 is 1.00 bits per heavy atom. The zero-order valence-electron chi connectivity index (χ0n) is 11.9. The summed E-state index contributed by atoms with van der Waals surface area (Å²) in [6.45, 7) is 3.93. The molecule has 116 valence electrons. The van der Waals surface area contributed by atoms with Crippen molar-refractivity contribution >= 4 is 21.8 Å². The summed E-state index contributed by atoms with van der Waals surface area (Å²) in [4.78, 5) is 2.43. The number of alkyl halides is 1. The molecule has 2 atom stereocenters. The normalized spacial score (nSPS) is 34.2. The molecule has 3 aliphatic heterocycles. The third kappa shape index (κ3) is 2.73. The summed E-state index contributed by atoms with van der Waals surface area (Å²) in [6.07, 6.45) is 5.26. The summed E-state index contributed by atoms with van der Waals surface area (Å²) >= 11 is 5.98. The first-order chi connectivity index (χ1) is 9.63.